The number of carbonyl (C=O) groups excluding carboxylic acids is 1. The lowest BCUT2D eigenvalue weighted by molar-refractivity contribution is 0.0527. The van der Waals surface area contributed by atoms with Crippen LogP contribution in [0.25, 0.3) is 0 Å². The van der Waals surface area contributed by atoms with Crippen molar-refractivity contribution in [2.24, 2.45) is 17.8 Å². The minimum Gasteiger partial charge on any atom is -0.462 e. The SMILES string of the molecule is CCOC(=O)c1cc(N)cnc1NCC(C1CC1)C1CC1. The Bertz CT molecular complexity index is 512. The molecule has 2 aliphatic rings. The van der Waals surface area contributed by atoms with Gasteiger partial charge in [-0.2, -0.15) is 0 Å². The van der Waals surface area contributed by atoms with Crippen LogP contribution in [0.4, 0.5) is 11.5 Å². The van der Waals surface area contributed by atoms with E-state index in [0.717, 1.165) is 24.3 Å². The van der Waals surface area contributed by atoms with Gasteiger partial charge in [0.15, 0.2) is 0 Å². The van der Waals surface area contributed by atoms with Crippen molar-refractivity contribution in [2.45, 2.75) is 32.6 Å². The lowest BCUT2D eigenvalue weighted by Gasteiger charge is -2.18. The van der Waals surface area contributed by atoms with Crippen molar-refractivity contribution in [1.29, 1.82) is 0 Å². The van der Waals surface area contributed by atoms with Crippen molar-refractivity contribution in [2.75, 3.05) is 24.2 Å². The summed E-state index contributed by atoms with van der Waals surface area (Å²) in [6.07, 6.45) is 6.98. The molecule has 0 aromatic carbocycles. The fraction of sp³-hybridized carbons (Fsp3) is 0.625. The fourth-order valence-corrected chi connectivity index (χ4v) is 2.97. The van der Waals surface area contributed by atoms with Crippen LogP contribution in [0.1, 0.15) is 43.0 Å². The normalized spacial score (nSPS) is 17.8. The molecule has 0 radical (unpaired) electrons. The highest BCUT2D eigenvalue weighted by atomic mass is 16.5. The molecule has 5 nitrogen and oxygen atoms in total. The van der Waals surface area contributed by atoms with Crippen molar-refractivity contribution in [3.8, 4) is 0 Å². The average Bonchev–Trinajstić information content (AvgIpc) is 3.34. The maximum absolute atomic E-state index is 12.0. The van der Waals surface area contributed by atoms with Crippen LogP contribution in [0.5, 0.6) is 0 Å². The second-order valence-corrected chi connectivity index (χ2v) is 6.10. The zero-order valence-electron chi connectivity index (χ0n) is 12.5. The summed E-state index contributed by atoms with van der Waals surface area (Å²) < 4.78 is 5.08. The van der Waals surface area contributed by atoms with Gasteiger partial charge in [-0.05, 0) is 56.4 Å². The van der Waals surface area contributed by atoms with Gasteiger partial charge in [-0.15, -0.1) is 0 Å². The van der Waals surface area contributed by atoms with Gasteiger partial charge in [0.05, 0.1) is 18.5 Å². The first-order chi connectivity index (χ1) is 10.2. The van der Waals surface area contributed by atoms with E-state index < -0.39 is 0 Å². The minimum atomic E-state index is -0.366. The quantitative estimate of drug-likeness (QED) is 0.755. The number of hydrogen-bond acceptors (Lipinski definition) is 5. The van der Waals surface area contributed by atoms with Gasteiger partial charge in [-0.3, -0.25) is 0 Å². The average molecular weight is 289 g/mol. The van der Waals surface area contributed by atoms with E-state index in [1.165, 1.54) is 25.7 Å². The van der Waals surface area contributed by atoms with Crippen molar-refractivity contribution in [1.82, 2.24) is 4.98 Å². The van der Waals surface area contributed by atoms with Gasteiger partial charge in [0.2, 0.25) is 0 Å². The van der Waals surface area contributed by atoms with Crippen LogP contribution >= 0.6 is 0 Å². The third kappa shape index (κ3) is 3.46. The van der Waals surface area contributed by atoms with Gasteiger partial charge in [-0.25, -0.2) is 9.78 Å². The predicted molar refractivity (Wildman–Crippen MR) is 82.0 cm³/mol. The molecule has 5 heteroatoms. The smallest absolute Gasteiger partial charge is 0.341 e. The van der Waals surface area contributed by atoms with E-state index in [1.54, 1.807) is 19.2 Å². The van der Waals surface area contributed by atoms with Crippen LogP contribution in [-0.2, 0) is 4.74 Å². The van der Waals surface area contributed by atoms with Crippen molar-refractivity contribution < 1.29 is 9.53 Å². The molecule has 0 bridgehead atoms. The van der Waals surface area contributed by atoms with Crippen molar-refractivity contribution >= 4 is 17.5 Å². The number of nitrogen functional groups attached to an aromatic ring is 1. The molecule has 2 aliphatic carbocycles. The second kappa shape index (κ2) is 5.92. The molecule has 3 rings (SSSR count). The number of carbonyl (C=O) groups is 1. The number of anilines is 2. The Morgan fingerprint density at radius 3 is 2.67 bits per heavy atom. The molecule has 1 aromatic heterocycles. The molecule has 1 heterocycles. The number of pyridine rings is 1. The number of nitrogens with two attached hydrogens (primary N) is 1. The van der Waals surface area contributed by atoms with E-state index in [9.17, 15) is 4.79 Å². The summed E-state index contributed by atoms with van der Waals surface area (Å²) in [6, 6.07) is 1.64. The van der Waals surface area contributed by atoms with Gasteiger partial charge in [-0.1, -0.05) is 0 Å². The Kier molecular flexibility index (Phi) is 3.99. The zero-order chi connectivity index (χ0) is 14.8. The van der Waals surface area contributed by atoms with E-state index in [2.05, 4.69) is 10.3 Å². The molecule has 0 amide bonds. The summed E-state index contributed by atoms with van der Waals surface area (Å²) in [5.74, 6) is 2.68. The number of ether oxygens (including phenoxy) is 1. The summed E-state index contributed by atoms with van der Waals surface area (Å²) in [7, 11) is 0. The van der Waals surface area contributed by atoms with Crippen LogP contribution in [0, 0.1) is 17.8 Å². The third-order valence-corrected chi connectivity index (χ3v) is 4.36. The number of nitrogens with one attached hydrogen (secondary N) is 1. The lowest BCUT2D eigenvalue weighted by Crippen LogP contribution is -2.20. The van der Waals surface area contributed by atoms with E-state index in [1.807, 2.05) is 0 Å². The van der Waals surface area contributed by atoms with Crippen LogP contribution < -0.4 is 11.1 Å². The monoisotopic (exact) mass is 289 g/mol. The number of esters is 1. The molecule has 0 spiro atoms. The van der Waals surface area contributed by atoms with E-state index in [0.29, 0.717) is 23.7 Å². The Labute approximate surface area is 125 Å². The number of nitrogens with zero attached hydrogens (tertiary/aromatic N) is 1. The fourth-order valence-electron chi connectivity index (χ4n) is 2.97. The van der Waals surface area contributed by atoms with Gasteiger partial charge in [0.25, 0.3) is 0 Å². The topological polar surface area (TPSA) is 77.2 Å². The number of hydrogen-bond donors (Lipinski definition) is 2. The third-order valence-electron chi connectivity index (χ3n) is 4.36. The van der Waals surface area contributed by atoms with Gasteiger partial charge < -0.3 is 15.8 Å². The Hall–Kier alpha value is -1.78. The van der Waals surface area contributed by atoms with Gasteiger partial charge in [0, 0.05) is 6.54 Å². The minimum absolute atomic E-state index is 0.347. The highest BCUT2D eigenvalue weighted by Gasteiger charge is 2.41. The summed E-state index contributed by atoms with van der Waals surface area (Å²) in [4.78, 5) is 16.3. The summed E-state index contributed by atoms with van der Waals surface area (Å²) in [5.41, 5.74) is 6.64. The molecule has 0 unspecified atom stereocenters. The van der Waals surface area contributed by atoms with Gasteiger partial charge in [0.1, 0.15) is 11.4 Å². The maximum Gasteiger partial charge on any atom is 0.341 e. The Balaban J connectivity index is 1.70. The lowest BCUT2D eigenvalue weighted by atomic mass is 9.98. The number of rotatable bonds is 7. The second-order valence-electron chi connectivity index (χ2n) is 6.10. The maximum atomic E-state index is 12.0. The molecule has 3 N–H and O–H groups in total. The van der Waals surface area contributed by atoms with E-state index >= 15 is 0 Å². The molecule has 114 valence electrons. The van der Waals surface area contributed by atoms with Crippen molar-refractivity contribution in [3.63, 3.8) is 0 Å². The highest BCUT2D eigenvalue weighted by Crippen LogP contribution is 2.49. The molecular weight excluding hydrogens is 266 g/mol. The molecule has 0 atom stereocenters. The summed E-state index contributed by atoms with van der Waals surface area (Å²) in [6.45, 7) is 3.03. The Morgan fingerprint density at radius 1 is 1.43 bits per heavy atom. The molecule has 21 heavy (non-hydrogen) atoms. The van der Waals surface area contributed by atoms with Crippen LogP contribution in [0.2, 0.25) is 0 Å². The van der Waals surface area contributed by atoms with E-state index in [4.69, 9.17) is 10.5 Å². The standard InChI is InChI=1S/C16H23N3O2/c1-2-21-16(20)13-7-12(17)8-18-15(13)19-9-14(10-3-4-10)11-5-6-11/h7-8,10-11,14H,2-6,9,17H2,1H3,(H,18,19). The molecule has 1 aromatic rings. The molecule has 2 fully saturated rings. The number of aromatic nitrogens is 1. The summed E-state index contributed by atoms with van der Waals surface area (Å²) in [5, 5.41) is 3.36. The first kappa shape index (κ1) is 14.2. The largest absolute Gasteiger partial charge is 0.462 e. The molecule has 0 saturated heterocycles. The predicted octanol–water partition coefficient (Wildman–Crippen LogP) is 2.69. The molecule has 2 saturated carbocycles. The molecule has 0 aliphatic heterocycles. The van der Waals surface area contributed by atoms with Gasteiger partial charge >= 0.3 is 5.97 Å². The summed E-state index contributed by atoms with van der Waals surface area (Å²) >= 11 is 0. The van der Waals surface area contributed by atoms with Crippen molar-refractivity contribution in [3.05, 3.63) is 17.8 Å². The van der Waals surface area contributed by atoms with E-state index in [-0.39, 0.29) is 5.97 Å². The zero-order valence-corrected chi connectivity index (χ0v) is 12.5. The highest BCUT2D eigenvalue weighted by molar-refractivity contribution is 5.95. The Morgan fingerprint density at radius 2 is 2.10 bits per heavy atom. The first-order valence-electron chi connectivity index (χ1n) is 7.85. The van der Waals surface area contributed by atoms with Crippen LogP contribution in [-0.4, -0.2) is 24.1 Å². The van der Waals surface area contributed by atoms with Crippen LogP contribution in [0.15, 0.2) is 12.3 Å². The molecular formula is C16H23N3O2. The first-order valence-corrected chi connectivity index (χ1v) is 7.85. The van der Waals surface area contributed by atoms with Crippen LogP contribution in [0.3, 0.4) is 0 Å².